The molecular weight excluding hydrogens is 465 g/mol. The number of hydrogen-bond donors (Lipinski definition) is 1. The van der Waals surface area contributed by atoms with E-state index in [1.54, 1.807) is 35.2 Å². The third kappa shape index (κ3) is 4.06. The van der Waals surface area contributed by atoms with Crippen LogP contribution < -0.4 is 14.8 Å². The maximum Gasteiger partial charge on any atom is 0.325 e. The van der Waals surface area contributed by atoms with E-state index in [0.717, 1.165) is 18.4 Å². The van der Waals surface area contributed by atoms with Gasteiger partial charge >= 0.3 is 6.03 Å². The molecule has 3 fully saturated rings. The molecule has 1 atom stereocenters. The molecule has 0 aromatic heterocycles. The Balaban J connectivity index is 1.21. The molecule has 9 heteroatoms. The molecule has 0 bridgehead atoms. The number of ether oxygens (including phenoxy) is 2. The zero-order valence-electron chi connectivity index (χ0n) is 19.9. The molecule has 3 heterocycles. The zero-order chi connectivity index (χ0) is 24.9. The van der Waals surface area contributed by atoms with Crippen LogP contribution in [0.5, 0.6) is 11.5 Å². The van der Waals surface area contributed by atoms with Crippen molar-refractivity contribution in [2.75, 3.05) is 26.4 Å². The Morgan fingerprint density at radius 2 is 1.72 bits per heavy atom. The summed E-state index contributed by atoms with van der Waals surface area (Å²) in [5.41, 5.74) is 0.217. The molecule has 0 radical (unpaired) electrons. The number of amides is 4. The molecule has 188 valence electrons. The molecule has 0 spiro atoms. The molecule has 1 N–H and O–H groups in total. The minimum atomic E-state index is -1.10. The molecule has 1 saturated carbocycles. The molecule has 2 saturated heterocycles. The highest BCUT2D eigenvalue weighted by molar-refractivity contribution is 6.07. The van der Waals surface area contributed by atoms with Gasteiger partial charge in [0.2, 0.25) is 6.79 Å². The molecule has 2 aromatic rings. The van der Waals surface area contributed by atoms with Gasteiger partial charge in [-0.3, -0.25) is 14.5 Å². The minimum Gasteiger partial charge on any atom is -0.454 e. The number of carbonyl (C=O) groups excluding carboxylic acids is 3. The van der Waals surface area contributed by atoms with E-state index in [1.165, 1.54) is 17.0 Å². The number of imide groups is 1. The fourth-order valence-electron chi connectivity index (χ4n) is 5.62. The Kier molecular flexibility index (Phi) is 5.58. The first kappa shape index (κ1) is 22.8. The number of urea groups is 1. The van der Waals surface area contributed by atoms with E-state index >= 15 is 0 Å². The topological polar surface area (TPSA) is 88.2 Å². The first-order valence-corrected chi connectivity index (χ1v) is 12.5. The Labute approximate surface area is 208 Å². The van der Waals surface area contributed by atoms with Crippen molar-refractivity contribution >= 4 is 17.8 Å². The lowest BCUT2D eigenvalue weighted by Gasteiger charge is -2.41. The fourth-order valence-corrected chi connectivity index (χ4v) is 5.62. The number of nitrogens with one attached hydrogen (secondary N) is 1. The fraction of sp³-hybridized carbons (Fsp3) is 0.444. The molecule has 8 nitrogen and oxygen atoms in total. The van der Waals surface area contributed by atoms with Crippen LogP contribution in [0.2, 0.25) is 0 Å². The molecular formula is C27H28FN3O5. The number of halogens is 1. The second-order valence-electron chi connectivity index (χ2n) is 10.2. The summed E-state index contributed by atoms with van der Waals surface area (Å²) in [6.07, 6.45) is 3.49. The van der Waals surface area contributed by atoms with Crippen molar-refractivity contribution in [3.05, 3.63) is 59.4 Å². The summed E-state index contributed by atoms with van der Waals surface area (Å²) in [7, 11) is 0. The Morgan fingerprint density at radius 1 is 1.00 bits per heavy atom. The van der Waals surface area contributed by atoms with Crippen LogP contribution in [0.3, 0.4) is 0 Å². The summed E-state index contributed by atoms with van der Waals surface area (Å²) >= 11 is 0. The van der Waals surface area contributed by atoms with Crippen molar-refractivity contribution in [2.24, 2.45) is 11.8 Å². The SMILES string of the molecule is O=C(c1ccc2c(c1)OCO2)N1CCC(C2(Cc3ccc(F)cc3)NC(=O)N(CC3CC3)C2=O)CC1. The third-order valence-electron chi connectivity index (χ3n) is 7.83. The first-order chi connectivity index (χ1) is 17.4. The Morgan fingerprint density at radius 3 is 2.44 bits per heavy atom. The molecule has 1 aliphatic carbocycles. The van der Waals surface area contributed by atoms with E-state index in [9.17, 15) is 18.8 Å². The summed E-state index contributed by atoms with van der Waals surface area (Å²) in [5, 5.41) is 3.05. The highest BCUT2D eigenvalue weighted by Gasteiger charge is 2.56. The molecule has 6 rings (SSSR count). The largest absolute Gasteiger partial charge is 0.454 e. The number of nitrogens with zero attached hydrogens (tertiary/aromatic N) is 2. The van der Waals surface area contributed by atoms with Gasteiger partial charge in [0.05, 0.1) is 0 Å². The van der Waals surface area contributed by atoms with Gasteiger partial charge in [-0.05, 0) is 73.4 Å². The number of fused-ring (bicyclic) bond motifs is 1. The van der Waals surface area contributed by atoms with Crippen molar-refractivity contribution < 1.29 is 28.2 Å². The van der Waals surface area contributed by atoms with Gasteiger partial charge in [0.1, 0.15) is 11.4 Å². The lowest BCUT2D eigenvalue weighted by Crippen LogP contribution is -2.58. The van der Waals surface area contributed by atoms with Crippen molar-refractivity contribution in [3.63, 3.8) is 0 Å². The predicted molar refractivity (Wildman–Crippen MR) is 127 cm³/mol. The number of likely N-dealkylation sites (tertiary alicyclic amines) is 1. The molecule has 1 unspecified atom stereocenters. The summed E-state index contributed by atoms with van der Waals surface area (Å²) < 4.78 is 24.3. The number of carbonyl (C=O) groups is 3. The summed E-state index contributed by atoms with van der Waals surface area (Å²) in [4.78, 5) is 43.1. The quantitative estimate of drug-likeness (QED) is 0.624. The van der Waals surface area contributed by atoms with Crippen LogP contribution in [0.4, 0.5) is 9.18 Å². The lowest BCUT2D eigenvalue weighted by atomic mass is 9.73. The first-order valence-electron chi connectivity index (χ1n) is 12.5. The predicted octanol–water partition coefficient (Wildman–Crippen LogP) is 3.35. The normalized spacial score (nSPS) is 23.8. The zero-order valence-corrected chi connectivity index (χ0v) is 19.9. The van der Waals surface area contributed by atoms with Gasteiger partial charge < -0.3 is 19.7 Å². The van der Waals surface area contributed by atoms with Gasteiger partial charge in [0, 0.05) is 31.6 Å². The smallest absolute Gasteiger partial charge is 0.325 e. The van der Waals surface area contributed by atoms with E-state index in [-0.39, 0.29) is 36.4 Å². The number of hydrogen-bond acceptors (Lipinski definition) is 5. The monoisotopic (exact) mass is 493 g/mol. The number of benzene rings is 2. The van der Waals surface area contributed by atoms with Gasteiger partial charge in [-0.15, -0.1) is 0 Å². The molecule has 4 amide bonds. The highest BCUT2D eigenvalue weighted by atomic mass is 19.1. The van der Waals surface area contributed by atoms with Crippen molar-refractivity contribution in [3.8, 4) is 11.5 Å². The van der Waals surface area contributed by atoms with Gasteiger partial charge in [-0.1, -0.05) is 12.1 Å². The van der Waals surface area contributed by atoms with Gasteiger partial charge in [-0.2, -0.15) is 0 Å². The van der Waals surface area contributed by atoms with E-state index in [4.69, 9.17) is 9.47 Å². The van der Waals surface area contributed by atoms with Crippen LogP contribution in [0.25, 0.3) is 0 Å². The van der Waals surface area contributed by atoms with Crippen LogP contribution in [0.15, 0.2) is 42.5 Å². The van der Waals surface area contributed by atoms with Crippen LogP contribution >= 0.6 is 0 Å². The van der Waals surface area contributed by atoms with E-state index in [1.807, 2.05) is 0 Å². The molecule has 36 heavy (non-hydrogen) atoms. The van der Waals surface area contributed by atoms with Crippen LogP contribution in [-0.4, -0.2) is 59.6 Å². The number of piperidine rings is 1. The second kappa shape index (κ2) is 8.80. The van der Waals surface area contributed by atoms with Crippen LogP contribution in [-0.2, 0) is 11.2 Å². The van der Waals surface area contributed by atoms with Gasteiger partial charge in [0.25, 0.3) is 11.8 Å². The average molecular weight is 494 g/mol. The Bertz CT molecular complexity index is 1210. The van der Waals surface area contributed by atoms with Crippen molar-refractivity contribution in [1.82, 2.24) is 15.1 Å². The van der Waals surface area contributed by atoms with Gasteiger partial charge in [-0.25, -0.2) is 9.18 Å². The van der Waals surface area contributed by atoms with E-state index in [0.29, 0.717) is 61.9 Å². The second-order valence-corrected chi connectivity index (χ2v) is 10.2. The van der Waals surface area contributed by atoms with E-state index in [2.05, 4.69) is 5.32 Å². The average Bonchev–Trinajstić information content (AvgIpc) is 3.54. The Hall–Kier alpha value is -3.62. The molecule has 4 aliphatic rings. The molecule has 2 aromatic carbocycles. The molecule has 3 aliphatic heterocycles. The maximum absolute atomic E-state index is 13.8. The summed E-state index contributed by atoms with van der Waals surface area (Å²) in [5.74, 6) is 0.760. The van der Waals surface area contributed by atoms with E-state index < -0.39 is 5.54 Å². The maximum atomic E-state index is 13.8. The minimum absolute atomic E-state index is 0.100. The highest BCUT2D eigenvalue weighted by Crippen LogP contribution is 2.39. The van der Waals surface area contributed by atoms with Crippen LogP contribution in [0.1, 0.15) is 41.6 Å². The standard InChI is InChI=1S/C27H28FN3O5/c28-21-6-3-17(4-7-21)14-27(25(33)31(26(34)29-27)15-18-1-2-18)20-9-11-30(12-10-20)24(32)19-5-8-22-23(13-19)36-16-35-22/h3-8,13,18,20H,1-2,9-12,14-16H2,(H,29,34). The number of rotatable bonds is 6. The third-order valence-corrected chi connectivity index (χ3v) is 7.83. The summed E-state index contributed by atoms with van der Waals surface area (Å²) in [6, 6.07) is 10.9. The van der Waals surface area contributed by atoms with Gasteiger partial charge in [0.15, 0.2) is 11.5 Å². The van der Waals surface area contributed by atoms with Crippen molar-refractivity contribution in [2.45, 2.75) is 37.6 Å². The van der Waals surface area contributed by atoms with Crippen LogP contribution in [0, 0.1) is 17.7 Å². The van der Waals surface area contributed by atoms with Crippen molar-refractivity contribution in [1.29, 1.82) is 0 Å². The summed E-state index contributed by atoms with van der Waals surface area (Å²) in [6.45, 7) is 1.52. The lowest BCUT2D eigenvalue weighted by molar-refractivity contribution is -0.134.